The van der Waals surface area contributed by atoms with Crippen LogP contribution in [0.1, 0.15) is 5.69 Å². The fourth-order valence-corrected chi connectivity index (χ4v) is 1.76. The lowest BCUT2D eigenvalue weighted by Crippen LogP contribution is -2.43. The van der Waals surface area contributed by atoms with Gasteiger partial charge >= 0.3 is 0 Å². The minimum atomic E-state index is -0.390. The maximum absolute atomic E-state index is 13.5. The monoisotopic (exact) mass is 455 g/mol. The second-order valence-corrected chi connectivity index (χ2v) is 5.64. The molecule has 9 heteroatoms. The molecule has 0 spiro atoms. The lowest BCUT2D eigenvalue weighted by molar-refractivity contribution is -0.127. The van der Waals surface area contributed by atoms with Crippen LogP contribution in [-0.2, 0) is 11.3 Å². The average Bonchev–Trinajstić information content (AvgIpc) is 2.50. The Morgan fingerprint density at radius 1 is 1.43 bits per heavy atom. The third-order valence-corrected chi connectivity index (χ3v) is 3.34. The Morgan fingerprint density at radius 3 is 2.78 bits per heavy atom. The maximum Gasteiger partial charge on any atom is 0.241 e. The number of rotatable bonds is 7. The van der Waals surface area contributed by atoms with Gasteiger partial charge in [0.15, 0.2) is 5.96 Å². The first-order valence-electron chi connectivity index (χ1n) is 6.85. The van der Waals surface area contributed by atoms with Gasteiger partial charge in [0, 0.05) is 32.6 Å². The molecule has 130 valence electrons. The number of pyridine rings is 1. The summed E-state index contributed by atoms with van der Waals surface area (Å²) in [5.74, 6) is 0.914. The number of halogens is 2. The predicted molar refractivity (Wildman–Crippen MR) is 104 cm³/mol. The van der Waals surface area contributed by atoms with Crippen LogP contribution < -0.4 is 10.6 Å². The van der Waals surface area contributed by atoms with E-state index >= 15 is 0 Å². The zero-order chi connectivity index (χ0) is 16.4. The normalized spacial score (nSPS) is 10.7. The summed E-state index contributed by atoms with van der Waals surface area (Å²) in [6.45, 7) is 0.939. The number of thioether (sulfide) groups is 1. The predicted octanol–water partition coefficient (Wildman–Crippen LogP) is 1.33. The van der Waals surface area contributed by atoms with Gasteiger partial charge in [0.05, 0.1) is 18.8 Å². The minimum absolute atomic E-state index is 0. The van der Waals surface area contributed by atoms with Crippen molar-refractivity contribution in [3.63, 3.8) is 0 Å². The second-order valence-electron chi connectivity index (χ2n) is 4.66. The molecular weight excluding hydrogens is 432 g/mol. The molecule has 0 saturated heterocycles. The number of hydrogen-bond acceptors (Lipinski definition) is 4. The van der Waals surface area contributed by atoms with Crippen LogP contribution in [-0.4, -0.2) is 60.9 Å². The minimum Gasteiger partial charge on any atom is -0.356 e. The Kier molecular flexibility index (Phi) is 11.7. The van der Waals surface area contributed by atoms with E-state index in [0.29, 0.717) is 12.5 Å². The van der Waals surface area contributed by atoms with Gasteiger partial charge in [0.2, 0.25) is 5.91 Å². The molecule has 1 amide bonds. The number of carbonyl (C=O) groups excluding carboxylic acids is 1. The first-order chi connectivity index (χ1) is 10.5. The van der Waals surface area contributed by atoms with E-state index in [-0.39, 0.29) is 54.5 Å². The molecule has 0 atom stereocenters. The SMILES string of the molecule is CSCCNC(=NCc1ncccc1F)NCC(=O)N(C)C.I. The molecular formula is C14H23FIN5OS. The molecule has 1 rings (SSSR count). The molecule has 2 N–H and O–H groups in total. The van der Waals surface area contributed by atoms with Crippen LogP contribution in [0.5, 0.6) is 0 Å². The smallest absolute Gasteiger partial charge is 0.241 e. The summed E-state index contributed by atoms with van der Waals surface area (Å²) in [7, 11) is 3.37. The van der Waals surface area contributed by atoms with Crippen molar-refractivity contribution < 1.29 is 9.18 Å². The Morgan fingerprint density at radius 2 is 2.17 bits per heavy atom. The van der Waals surface area contributed by atoms with E-state index < -0.39 is 0 Å². The van der Waals surface area contributed by atoms with Gasteiger partial charge in [-0.15, -0.1) is 24.0 Å². The van der Waals surface area contributed by atoms with E-state index in [1.54, 1.807) is 25.9 Å². The number of nitrogens with zero attached hydrogens (tertiary/aromatic N) is 3. The number of aliphatic imine (C=N–C) groups is 1. The van der Waals surface area contributed by atoms with Crippen LogP contribution in [0.25, 0.3) is 0 Å². The third-order valence-electron chi connectivity index (χ3n) is 2.73. The van der Waals surface area contributed by atoms with Crippen LogP contribution in [0.3, 0.4) is 0 Å². The fraction of sp³-hybridized carbons (Fsp3) is 0.500. The van der Waals surface area contributed by atoms with E-state index in [1.807, 2.05) is 6.26 Å². The number of guanidine groups is 1. The lowest BCUT2D eigenvalue weighted by Gasteiger charge is -2.14. The van der Waals surface area contributed by atoms with Crippen LogP contribution in [0.15, 0.2) is 23.3 Å². The first kappa shape index (κ1) is 21.9. The molecule has 0 aliphatic carbocycles. The molecule has 0 radical (unpaired) electrons. The van der Waals surface area contributed by atoms with E-state index in [9.17, 15) is 9.18 Å². The molecule has 0 aliphatic rings. The number of likely N-dealkylation sites (N-methyl/N-ethyl adjacent to an activating group) is 1. The topological polar surface area (TPSA) is 69.6 Å². The van der Waals surface area contributed by atoms with Gasteiger partial charge in [-0.1, -0.05) is 0 Å². The molecule has 1 heterocycles. The number of carbonyl (C=O) groups is 1. The zero-order valence-electron chi connectivity index (χ0n) is 13.5. The summed E-state index contributed by atoms with van der Waals surface area (Å²) < 4.78 is 13.5. The Bertz CT molecular complexity index is 516. The van der Waals surface area contributed by atoms with E-state index in [4.69, 9.17) is 0 Å². The quantitative estimate of drug-likeness (QED) is 0.281. The first-order valence-corrected chi connectivity index (χ1v) is 8.24. The van der Waals surface area contributed by atoms with Gasteiger partial charge in [0.25, 0.3) is 0 Å². The molecule has 0 aliphatic heterocycles. The summed E-state index contributed by atoms with van der Waals surface area (Å²) >= 11 is 1.70. The van der Waals surface area contributed by atoms with Crippen molar-refractivity contribution in [1.82, 2.24) is 20.5 Å². The van der Waals surface area contributed by atoms with Crippen molar-refractivity contribution >= 4 is 47.6 Å². The highest BCUT2D eigenvalue weighted by molar-refractivity contribution is 14.0. The number of aromatic nitrogens is 1. The number of nitrogens with one attached hydrogen (secondary N) is 2. The van der Waals surface area contributed by atoms with Crippen molar-refractivity contribution in [1.29, 1.82) is 0 Å². The van der Waals surface area contributed by atoms with Crippen molar-refractivity contribution in [2.45, 2.75) is 6.54 Å². The molecule has 0 unspecified atom stereocenters. The molecule has 1 aromatic heterocycles. The fourth-order valence-electron chi connectivity index (χ4n) is 1.45. The van der Waals surface area contributed by atoms with Crippen LogP contribution in [0, 0.1) is 5.82 Å². The van der Waals surface area contributed by atoms with Gasteiger partial charge in [-0.25, -0.2) is 9.38 Å². The van der Waals surface area contributed by atoms with Crippen LogP contribution in [0.2, 0.25) is 0 Å². The Balaban J connectivity index is 0.00000484. The summed E-state index contributed by atoms with van der Waals surface area (Å²) in [5.41, 5.74) is 0.271. The van der Waals surface area contributed by atoms with Crippen molar-refractivity contribution in [2.24, 2.45) is 4.99 Å². The molecule has 23 heavy (non-hydrogen) atoms. The van der Waals surface area contributed by atoms with Crippen LogP contribution >= 0.6 is 35.7 Å². The van der Waals surface area contributed by atoms with Crippen molar-refractivity contribution in [3.8, 4) is 0 Å². The Labute approximate surface area is 157 Å². The number of hydrogen-bond donors (Lipinski definition) is 2. The highest BCUT2D eigenvalue weighted by atomic mass is 127. The summed E-state index contributed by atoms with van der Waals surface area (Å²) in [6, 6.07) is 2.88. The van der Waals surface area contributed by atoms with Crippen molar-refractivity contribution in [2.75, 3.05) is 39.2 Å². The molecule has 0 bridgehead atoms. The highest BCUT2D eigenvalue weighted by Gasteiger charge is 2.07. The largest absolute Gasteiger partial charge is 0.356 e. The summed E-state index contributed by atoms with van der Waals surface area (Å²) in [5, 5.41) is 6.04. The van der Waals surface area contributed by atoms with Gasteiger partial charge in [0.1, 0.15) is 5.82 Å². The van der Waals surface area contributed by atoms with Crippen molar-refractivity contribution in [3.05, 3.63) is 29.8 Å². The molecule has 6 nitrogen and oxygen atoms in total. The molecule has 0 aromatic carbocycles. The standard InChI is InChI=1S/C14H22FN5OS.HI/c1-20(2)13(21)10-19-14(17-7-8-22-3)18-9-12-11(15)5-4-6-16-12;/h4-6H,7-10H2,1-3H3,(H2,17,18,19);1H. The lowest BCUT2D eigenvalue weighted by atomic mass is 10.3. The van der Waals surface area contributed by atoms with Crippen LogP contribution in [0.4, 0.5) is 4.39 Å². The number of amides is 1. The van der Waals surface area contributed by atoms with Gasteiger partial charge in [-0.2, -0.15) is 11.8 Å². The van der Waals surface area contributed by atoms with Gasteiger partial charge in [-0.05, 0) is 18.4 Å². The zero-order valence-corrected chi connectivity index (χ0v) is 16.7. The molecule has 0 saturated carbocycles. The van der Waals surface area contributed by atoms with Gasteiger partial charge in [-0.3, -0.25) is 9.78 Å². The van der Waals surface area contributed by atoms with Gasteiger partial charge < -0.3 is 15.5 Å². The average molecular weight is 455 g/mol. The molecule has 0 fully saturated rings. The third kappa shape index (κ3) is 8.94. The summed E-state index contributed by atoms with van der Waals surface area (Å²) in [6.07, 6.45) is 3.53. The summed E-state index contributed by atoms with van der Waals surface area (Å²) in [4.78, 5) is 21.3. The van der Waals surface area contributed by atoms with E-state index in [0.717, 1.165) is 5.75 Å². The second kappa shape index (κ2) is 12.3. The Hall–Kier alpha value is -1.10. The molecule has 1 aromatic rings. The van der Waals surface area contributed by atoms with E-state index in [1.165, 1.54) is 23.2 Å². The maximum atomic E-state index is 13.5. The van der Waals surface area contributed by atoms with E-state index in [2.05, 4.69) is 20.6 Å². The highest BCUT2D eigenvalue weighted by Crippen LogP contribution is 2.03.